The molecule has 0 spiro atoms. The number of carbonyl (C=O) groups excluding carboxylic acids is 1. The summed E-state index contributed by atoms with van der Waals surface area (Å²) < 4.78 is 5.63. The van der Waals surface area contributed by atoms with Gasteiger partial charge in [0.25, 0.3) is 0 Å². The van der Waals surface area contributed by atoms with Gasteiger partial charge in [0, 0.05) is 12.1 Å². The van der Waals surface area contributed by atoms with Crippen LogP contribution in [-0.4, -0.2) is 41.3 Å². The Balaban J connectivity index is 2.63. The van der Waals surface area contributed by atoms with E-state index in [4.69, 9.17) is 4.74 Å². The second-order valence-corrected chi connectivity index (χ2v) is 8.07. The maximum atomic E-state index is 12.5. The van der Waals surface area contributed by atoms with Crippen LogP contribution in [0, 0.1) is 0 Å². The molecule has 0 saturated heterocycles. The van der Waals surface area contributed by atoms with Gasteiger partial charge in [-0.15, -0.1) is 0 Å². The molecule has 24 heavy (non-hydrogen) atoms. The average molecular weight is 336 g/mol. The lowest BCUT2D eigenvalue weighted by molar-refractivity contribution is -0.124. The molecule has 0 aliphatic rings. The van der Waals surface area contributed by atoms with Gasteiger partial charge < -0.3 is 20.5 Å². The van der Waals surface area contributed by atoms with Crippen molar-refractivity contribution in [3.8, 4) is 5.75 Å². The molecule has 0 saturated carbocycles. The van der Waals surface area contributed by atoms with Crippen LogP contribution in [0.25, 0.3) is 0 Å². The highest BCUT2D eigenvalue weighted by molar-refractivity contribution is 5.82. The molecule has 1 aromatic carbocycles. The first kappa shape index (κ1) is 20.5. The molecule has 1 atom stereocenters. The normalized spacial score (nSPS) is 13.6. The Morgan fingerprint density at radius 1 is 1.12 bits per heavy atom. The molecule has 5 nitrogen and oxygen atoms in total. The van der Waals surface area contributed by atoms with Crippen molar-refractivity contribution < 1.29 is 14.6 Å². The highest BCUT2D eigenvalue weighted by Gasteiger charge is 2.24. The largest absolute Gasteiger partial charge is 0.508 e. The Bertz CT molecular complexity index is 513. The van der Waals surface area contributed by atoms with E-state index in [2.05, 4.69) is 10.6 Å². The summed E-state index contributed by atoms with van der Waals surface area (Å²) in [6.45, 7) is 13.0. The predicted octanol–water partition coefficient (Wildman–Crippen LogP) is 2.62. The van der Waals surface area contributed by atoms with Gasteiger partial charge >= 0.3 is 0 Å². The fourth-order valence-electron chi connectivity index (χ4n) is 2.25. The smallest absolute Gasteiger partial charge is 0.237 e. The van der Waals surface area contributed by atoms with Crippen LogP contribution in [0.15, 0.2) is 24.3 Å². The predicted molar refractivity (Wildman–Crippen MR) is 97.2 cm³/mol. The molecule has 0 radical (unpaired) electrons. The molecular formula is C19H32N2O3. The van der Waals surface area contributed by atoms with Gasteiger partial charge in [0.2, 0.25) is 5.91 Å². The van der Waals surface area contributed by atoms with Crippen LogP contribution in [0.1, 0.15) is 47.1 Å². The first-order valence-corrected chi connectivity index (χ1v) is 8.43. The lowest BCUT2D eigenvalue weighted by Gasteiger charge is -2.28. The van der Waals surface area contributed by atoms with Gasteiger partial charge in [0.15, 0.2) is 0 Å². The summed E-state index contributed by atoms with van der Waals surface area (Å²) in [5.74, 6) is 0.179. The van der Waals surface area contributed by atoms with Crippen molar-refractivity contribution in [2.24, 2.45) is 0 Å². The van der Waals surface area contributed by atoms with E-state index in [9.17, 15) is 9.90 Å². The number of ether oxygens (including phenoxy) is 1. The molecule has 1 amide bonds. The number of benzene rings is 1. The number of phenolic OH excluding ortho intramolecular Hbond substituents is 1. The van der Waals surface area contributed by atoms with E-state index >= 15 is 0 Å². The Morgan fingerprint density at radius 3 is 2.21 bits per heavy atom. The maximum Gasteiger partial charge on any atom is 0.237 e. The third-order valence-corrected chi connectivity index (χ3v) is 3.24. The summed E-state index contributed by atoms with van der Waals surface area (Å²) in [6.07, 6.45) is 0.559. The van der Waals surface area contributed by atoms with Crippen LogP contribution < -0.4 is 10.6 Å². The third-order valence-electron chi connectivity index (χ3n) is 3.24. The van der Waals surface area contributed by atoms with Crippen LogP contribution in [0.5, 0.6) is 5.75 Å². The minimum absolute atomic E-state index is 0.0458. The number of nitrogens with one attached hydrogen (secondary N) is 2. The summed E-state index contributed by atoms with van der Waals surface area (Å²) in [5.41, 5.74) is 0.608. The van der Waals surface area contributed by atoms with Gasteiger partial charge in [-0.1, -0.05) is 12.1 Å². The van der Waals surface area contributed by atoms with E-state index in [0.29, 0.717) is 19.6 Å². The molecule has 0 aromatic heterocycles. The summed E-state index contributed by atoms with van der Waals surface area (Å²) in [7, 11) is 0. The van der Waals surface area contributed by atoms with Crippen LogP contribution in [0.4, 0.5) is 0 Å². The third kappa shape index (κ3) is 8.89. The Kier molecular flexibility index (Phi) is 7.24. The van der Waals surface area contributed by atoms with Gasteiger partial charge in [-0.3, -0.25) is 4.79 Å². The number of phenols is 1. The molecule has 0 aliphatic heterocycles. The fraction of sp³-hybridized carbons (Fsp3) is 0.632. The molecule has 0 heterocycles. The SMILES string of the molecule is CC(C)(C)N[C@@H](Cc1ccc(O)cc1)C(=O)NCCOC(C)(C)C. The summed E-state index contributed by atoms with van der Waals surface area (Å²) in [5, 5.41) is 15.7. The molecule has 5 heteroatoms. The van der Waals surface area contributed by atoms with Crippen molar-refractivity contribution in [1.82, 2.24) is 10.6 Å². The number of hydrogen-bond donors (Lipinski definition) is 3. The van der Waals surface area contributed by atoms with Gasteiger partial charge in [-0.25, -0.2) is 0 Å². The quantitative estimate of drug-likeness (QED) is 0.670. The van der Waals surface area contributed by atoms with Crippen LogP contribution in [-0.2, 0) is 16.0 Å². The number of carbonyl (C=O) groups is 1. The molecule has 0 bridgehead atoms. The number of aromatic hydroxyl groups is 1. The first-order chi connectivity index (χ1) is 11.0. The van der Waals surface area contributed by atoms with Crippen molar-refractivity contribution in [3.05, 3.63) is 29.8 Å². The fourth-order valence-corrected chi connectivity index (χ4v) is 2.25. The van der Waals surface area contributed by atoms with E-state index in [0.717, 1.165) is 5.56 Å². The molecule has 1 rings (SSSR count). The monoisotopic (exact) mass is 336 g/mol. The van der Waals surface area contributed by atoms with Crippen molar-refractivity contribution in [2.75, 3.05) is 13.2 Å². The maximum absolute atomic E-state index is 12.5. The number of amides is 1. The second-order valence-electron chi connectivity index (χ2n) is 8.07. The van der Waals surface area contributed by atoms with E-state index in [-0.39, 0.29) is 28.8 Å². The van der Waals surface area contributed by atoms with Crippen LogP contribution in [0.3, 0.4) is 0 Å². The molecular weight excluding hydrogens is 304 g/mol. The molecule has 3 N–H and O–H groups in total. The minimum atomic E-state index is -0.343. The highest BCUT2D eigenvalue weighted by Crippen LogP contribution is 2.13. The van der Waals surface area contributed by atoms with E-state index in [1.54, 1.807) is 12.1 Å². The Labute approximate surface area is 145 Å². The van der Waals surface area contributed by atoms with E-state index in [1.165, 1.54) is 0 Å². The molecule has 0 fully saturated rings. The van der Waals surface area contributed by atoms with Gasteiger partial charge in [0.05, 0.1) is 18.2 Å². The lowest BCUT2D eigenvalue weighted by atomic mass is 10.0. The van der Waals surface area contributed by atoms with Gasteiger partial charge in [-0.05, 0) is 65.7 Å². The minimum Gasteiger partial charge on any atom is -0.508 e. The molecule has 136 valence electrons. The number of rotatable bonds is 7. The zero-order valence-electron chi connectivity index (χ0n) is 15.8. The summed E-state index contributed by atoms with van der Waals surface area (Å²) >= 11 is 0. The van der Waals surface area contributed by atoms with E-state index < -0.39 is 0 Å². The number of hydrogen-bond acceptors (Lipinski definition) is 4. The van der Waals surface area contributed by atoms with Crippen LogP contribution >= 0.6 is 0 Å². The van der Waals surface area contributed by atoms with Crippen molar-refractivity contribution >= 4 is 5.91 Å². The molecule has 0 aliphatic carbocycles. The zero-order valence-corrected chi connectivity index (χ0v) is 15.8. The zero-order chi connectivity index (χ0) is 18.4. The molecule has 0 unspecified atom stereocenters. The average Bonchev–Trinajstić information content (AvgIpc) is 2.42. The van der Waals surface area contributed by atoms with Crippen molar-refractivity contribution in [3.63, 3.8) is 0 Å². The Hall–Kier alpha value is -1.59. The van der Waals surface area contributed by atoms with Gasteiger partial charge in [0.1, 0.15) is 5.75 Å². The second kappa shape index (κ2) is 8.49. The lowest BCUT2D eigenvalue weighted by Crippen LogP contribution is -2.53. The first-order valence-electron chi connectivity index (χ1n) is 8.43. The van der Waals surface area contributed by atoms with E-state index in [1.807, 2.05) is 53.7 Å². The molecule has 1 aromatic rings. The van der Waals surface area contributed by atoms with Crippen molar-refractivity contribution in [2.45, 2.75) is 65.1 Å². The topological polar surface area (TPSA) is 70.6 Å². The van der Waals surface area contributed by atoms with Crippen molar-refractivity contribution in [1.29, 1.82) is 0 Å². The Morgan fingerprint density at radius 2 is 1.71 bits per heavy atom. The van der Waals surface area contributed by atoms with Crippen LogP contribution in [0.2, 0.25) is 0 Å². The summed E-state index contributed by atoms with van der Waals surface area (Å²) in [6, 6.07) is 6.60. The standard InChI is InChI=1S/C19H32N2O3/c1-18(2,3)21-16(13-14-7-9-15(22)10-8-14)17(23)20-11-12-24-19(4,5)6/h7-10,16,21-22H,11-13H2,1-6H3,(H,20,23)/t16-/m0/s1. The summed E-state index contributed by atoms with van der Waals surface area (Å²) in [4.78, 5) is 12.5. The van der Waals surface area contributed by atoms with Gasteiger partial charge in [-0.2, -0.15) is 0 Å². The highest BCUT2D eigenvalue weighted by atomic mass is 16.5.